The molecule has 3 aromatic rings. The van der Waals surface area contributed by atoms with Crippen LogP contribution < -0.4 is 0 Å². The quantitative estimate of drug-likeness (QED) is 0.706. The maximum Gasteiger partial charge on any atom is 0.214 e. The molecule has 0 aliphatic heterocycles. The number of aromatic amines is 1. The molecule has 86 valence electrons. The van der Waals surface area contributed by atoms with E-state index in [1.54, 1.807) is 6.20 Å². The lowest BCUT2D eigenvalue weighted by molar-refractivity contribution is 0.459. The summed E-state index contributed by atoms with van der Waals surface area (Å²) in [7, 11) is 0. The van der Waals surface area contributed by atoms with Crippen molar-refractivity contribution in [3.05, 3.63) is 46.9 Å². The van der Waals surface area contributed by atoms with Gasteiger partial charge in [0.05, 0.1) is 17.2 Å². The lowest BCUT2D eigenvalue weighted by atomic mass is 10.3. The number of hydrogen-bond donors (Lipinski definition) is 1. The van der Waals surface area contributed by atoms with E-state index in [-0.39, 0.29) is 0 Å². The number of aryl methyl sites for hydroxylation is 1. The van der Waals surface area contributed by atoms with Crippen LogP contribution in [0.4, 0.5) is 0 Å². The van der Waals surface area contributed by atoms with Gasteiger partial charge >= 0.3 is 0 Å². The number of aromatic nitrogens is 3. The molecule has 1 aromatic carbocycles. The van der Waals surface area contributed by atoms with Gasteiger partial charge in [0.25, 0.3) is 0 Å². The van der Waals surface area contributed by atoms with E-state index >= 15 is 0 Å². The van der Waals surface area contributed by atoms with Crippen molar-refractivity contribution in [2.45, 2.75) is 13.5 Å². The number of fused-ring (bicyclic) bond motifs is 1. The second-order valence-electron chi connectivity index (χ2n) is 3.90. The van der Waals surface area contributed by atoms with Crippen molar-refractivity contribution in [3.8, 4) is 0 Å². The third-order valence-electron chi connectivity index (χ3n) is 2.64. The Bertz CT molecular complexity index is 723. The van der Waals surface area contributed by atoms with Crippen molar-refractivity contribution in [2.75, 3.05) is 0 Å². The maximum absolute atomic E-state index is 5.47. The van der Waals surface area contributed by atoms with Gasteiger partial charge in [0.1, 0.15) is 12.3 Å². The molecule has 3 rings (SSSR count). The number of para-hydroxylation sites is 2. The molecule has 4 nitrogen and oxygen atoms in total. The minimum absolute atomic E-state index is 0.552. The fraction of sp³-hybridized carbons (Fsp3) is 0.167. The summed E-state index contributed by atoms with van der Waals surface area (Å²) < 4.78 is 8.13. The second kappa shape index (κ2) is 3.85. The highest BCUT2D eigenvalue weighted by molar-refractivity contribution is 7.71. The van der Waals surface area contributed by atoms with E-state index in [1.165, 1.54) is 0 Å². The number of hydrogen-bond acceptors (Lipinski definition) is 3. The molecule has 0 amide bonds. The molecule has 0 spiro atoms. The molecule has 0 bridgehead atoms. The summed E-state index contributed by atoms with van der Waals surface area (Å²) in [6.07, 6.45) is 1.72. The van der Waals surface area contributed by atoms with Crippen LogP contribution in [0.2, 0.25) is 0 Å². The van der Waals surface area contributed by atoms with E-state index in [2.05, 4.69) is 9.97 Å². The van der Waals surface area contributed by atoms with Crippen molar-refractivity contribution < 1.29 is 4.42 Å². The number of H-pyrrole nitrogens is 1. The van der Waals surface area contributed by atoms with E-state index in [0.29, 0.717) is 17.2 Å². The SMILES string of the molecule is Cc1cnc(Cn2c(=S)[nH]c3ccccc32)o1. The molecule has 0 aliphatic rings. The van der Waals surface area contributed by atoms with Crippen LogP contribution >= 0.6 is 12.2 Å². The molecule has 0 aliphatic carbocycles. The van der Waals surface area contributed by atoms with Crippen molar-refractivity contribution in [1.82, 2.24) is 14.5 Å². The van der Waals surface area contributed by atoms with Gasteiger partial charge in [-0.05, 0) is 31.3 Å². The Labute approximate surface area is 103 Å². The van der Waals surface area contributed by atoms with Crippen molar-refractivity contribution in [1.29, 1.82) is 0 Å². The first-order valence-electron chi connectivity index (χ1n) is 5.33. The first-order chi connectivity index (χ1) is 8.24. The second-order valence-corrected chi connectivity index (χ2v) is 4.28. The van der Waals surface area contributed by atoms with Crippen molar-refractivity contribution >= 4 is 23.3 Å². The van der Waals surface area contributed by atoms with Gasteiger partial charge in [-0.3, -0.25) is 0 Å². The lowest BCUT2D eigenvalue weighted by Crippen LogP contribution is -1.99. The maximum atomic E-state index is 5.47. The van der Waals surface area contributed by atoms with E-state index < -0.39 is 0 Å². The predicted octanol–water partition coefficient (Wildman–Crippen LogP) is 3.04. The number of benzene rings is 1. The first kappa shape index (κ1) is 10.3. The van der Waals surface area contributed by atoms with Crippen LogP contribution in [-0.2, 0) is 6.54 Å². The molecule has 2 heterocycles. The molecule has 17 heavy (non-hydrogen) atoms. The van der Waals surface area contributed by atoms with E-state index in [0.717, 1.165) is 16.8 Å². The molecule has 0 atom stereocenters. The Morgan fingerprint density at radius 1 is 1.41 bits per heavy atom. The van der Waals surface area contributed by atoms with E-state index in [4.69, 9.17) is 16.6 Å². The van der Waals surface area contributed by atoms with Gasteiger partial charge < -0.3 is 14.0 Å². The highest BCUT2D eigenvalue weighted by Gasteiger charge is 2.07. The zero-order valence-electron chi connectivity index (χ0n) is 9.30. The fourth-order valence-corrected chi connectivity index (χ4v) is 2.15. The van der Waals surface area contributed by atoms with E-state index in [9.17, 15) is 0 Å². The molecule has 0 fully saturated rings. The zero-order chi connectivity index (χ0) is 11.8. The van der Waals surface area contributed by atoms with Crippen LogP contribution in [-0.4, -0.2) is 14.5 Å². The van der Waals surface area contributed by atoms with Crippen molar-refractivity contribution in [2.24, 2.45) is 0 Å². The van der Waals surface area contributed by atoms with Gasteiger partial charge in [-0.2, -0.15) is 0 Å². The van der Waals surface area contributed by atoms with Crippen LogP contribution in [0.5, 0.6) is 0 Å². The summed E-state index contributed by atoms with van der Waals surface area (Å²) in [5.74, 6) is 1.48. The molecule has 0 unspecified atom stereocenters. The van der Waals surface area contributed by atoms with Crippen LogP contribution in [0.25, 0.3) is 11.0 Å². The normalized spacial score (nSPS) is 11.1. The van der Waals surface area contributed by atoms with Crippen molar-refractivity contribution in [3.63, 3.8) is 0 Å². The van der Waals surface area contributed by atoms with Gasteiger partial charge in [0.2, 0.25) is 5.89 Å². The van der Waals surface area contributed by atoms with Gasteiger partial charge in [-0.15, -0.1) is 0 Å². The summed E-state index contributed by atoms with van der Waals surface area (Å²) in [5.41, 5.74) is 2.09. The van der Waals surface area contributed by atoms with Crippen LogP contribution in [0, 0.1) is 11.7 Å². The predicted molar refractivity (Wildman–Crippen MR) is 67.5 cm³/mol. The average Bonchev–Trinajstić information content (AvgIpc) is 2.85. The number of oxazole rings is 1. The number of imidazole rings is 1. The summed E-state index contributed by atoms with van der Waals surface area (Å²) in [5, 5.41) is 0. The number of rotatable bonds is 2. The standard InChI is InChI=1S/C12H11N3OS/c1-8-6-13-11(16-8)7-15-10-5-3-2-4-9(10)14-12(15)17/h2-6H,7H2,1H3,(H,14,17). The summed E-state index contributed by atoms with van der Waals surface area (Å²) >= 11 is 5.30. The Balaban J connectivity index is 2.11. The van der Waals surface area contributed by atoms with Crippen LogP contribution in [0.1, 0.15) is 11.7 Å². The largest absolute Gasteiger partial charge is 0.444 e. The molecular formula is C12H11N3OS. The summed E-state index contributed by atoms with van der Waals surface area (Å²) in [6, 6.07) is 8.00. The molecule has 0 saturated heterocycles. The van der Waals surface area contributed by atoms with Gasteiger partial charge in [-0.1, -0.05) is 12.1 Å². The van der Waals surface area contributed by atoms with Crippen LogP contribution in [0.15, 0.2) is 34.9 Å². The highest BCUT2D eigenvalue weighted by Crippen LogP contribution is 2.15. The van der Waals surface area contributed by atoms with Crippen LogP contribution in [0.3, 0.4) is 0 Å². The fourth-order valence-electron chi connectivity index (χ4n) is 1.87. The Hall–Kier alpha value is -1.88. The topological polar surface area (TPSA) is 46.8 Å². The molecule has 0 saturated carbocycles. The third kappa shape index (κ3) is 1.78. The van der Waals surface area contributed by atoms with Gasteiger partial charge in [0, 0.05) is 0 Å². The molecule has 1 N–H and O–H groups in total. The van der Waals surface area contributed by atoms with Gasteiger partial charge in [-0.25, -0.2) is 4.98 Å². The third-order valence-corrected chi connectivity index (χ3v) is 2.97. The molecular weight excluding hydrogens is 234 g/mol. The van der Waals surface area contributed by atoms with Gasteiger partial charge in [0.15, 0.2) is 4.77 Å². The monoisotopic (exact) mass is 245 g/mol. The lowest BCUT2D eigenvalue weighted by Gasteiger charge is -2.00. The minimum Gasteiger partial charge on any atom is -0.444 e. The number of nitrogens with zero attached hydrogens (tertiary/aromatic N) is 2. The molecule has 0 radical (unpaired) electrons. The summed E-state index contributed by atoms with van der Waals surface area (Å²) in [6.45, 7) is 2.43. The Morgan fingerprint density at radius 2 is 2.24 bits per heavy atom. The smallest absolute Gasteiger partial charge is 0.214 e. The summed E-state index contributed by atoms with van der Waals surface area (Å²) in [4.78, 5) is 7.35. The average molecular weight is 245 g/mol. The minimum atomic E-state index is 0.552. The zero-order valence-corrected chi connectivity index (χ0v) is 10.1. The molecule has 5 heteroatoms. The Morgan fingerprint density at radius 3 is 3.00 bits per heavy atom. The number of nitrogens with one attached hydrogen (secondary N) is 1. The Kier molecular flexibility index (Phi) is 2.33. The van der Waals surface area contributed by atoms with E-state index in [1.807, 2.05) is 35.8 Å². The highest BCUT2D eigenvalue weighted by atomic mass is 32.1. The molecule has 2 aromatic heterocycles. The first-order valence-corrected chi connectivity index (χ1v) is 5.74.